The molecule has 0 aromatic heterocycles. The Kier molecular flexibility index (Phi) is 2.85. The van der Waals surface area contributed by atoms with Crippen LogP contribution in [0.15, 0.2) is 6.07 Å². The summed E-state index contributed by atoms with van der Waals surface area (Å²) in [6, 6.07) is 1.43. The zero-order valence-corrected chi connectivity index (χ0v) is 9.27. The van der Waals surface area contributed by atoms with Crippen LogP contribution in [-0.4, -0.2) is 29.4 Å². The lowest BCUT2D eigenvalue weighted by Crippen LogP contribution is -2.16. The average molecular weight is 236 g/mol. The Hall–Kier alpha value is -1.88. The maximum Gasteiger partial charge on any atom is 0.167 e. The molecular weight excluding hydrogens is 224 g/mol. The molecule has 0 radical (unpaired) electrons. The van der Waals surface area contributed by atoms with Crippen molar-refractivity contribution in [2.24, 2.45) is 0 Å². The molecule has 90 valence electrons. The lowest BCUT2D eigenvalue weighted by Gasteiger charge is -2.22. The first kappa shape index (κ1) is 11.6. The molecular formula is C12H12O5. The molecule has 17 heavy (non-hydrogen) atoms. The number of hydrogen-bond acceptors (Lipinski definition) is 5. The van der Waals surface area contributed by atoms with E-state index in [4.69, 9.17) is 4.74 Å². The van der Waals surface area contributed by atoms with Gasteiger partial charge in [-0.15, -0.1) is 0 Å². The van der Waals surface area contributed by atoms with Crippen LogP contribution in [0.1, 0.15) is 45.2 Å². The second-order valence-corrected chi connectivity index (χ2v) is 3.90. The minimum atomic E-state index is -0.816. The maximum absolute atomic E-state index is 11.7. The lowest BCUT2D eigenvalue weighted by atomic mass is 9.86. The zero-order valence-electron chi connectivity index (χ0n) is 9.27. The van der Waals surface area contributed by atoms with Gasteiger partial charge in [0.15, 0.2) is 12.1 Å². The van der Waals surface area contributed by atoms with Crippen molar-refractivity contribution in [2.75, 3.05) is 7.11 Å². The number of phenols is 1. The van der Waals surface area contributed by atoms with Crippen molar-refractivity contribution in [3.63, 3.8) is 0 Å². The highest BCUT2D eigenvalue weighted by Gasteiger charge is 2.30. The van der Waals surface area contributed by atoms with Crippen molar-refractivity contribution in [1.82, 2.24) is 0 Å². The number of methoxy groups -OCH3 is 1. The first-order valence-electron chi connectivity index (χ1n) is 5.20. The van der Waals surface area contributed by atoms with Crippen LogP contribution in [0, 0.1) is 0 Å². The Morgan fingerprint density at radius 3 is 2.82 bits per heavy atom. The number of Topliss-reactive ketones (excluding diaryl/α,β-unsaturated/α-hetero) is 1. The number of rotatable bonds is 2. The van der Waals surface area contributed by atoms with Crippen LogP contribution in [0.4, 0.5) is 0 Å². The number of ether oxygens (including phenoxy) is 1. The van der Waals surface area contributed by atoms with Crippen LogP contribution in [0.25, 0.3) is 0 Å². The summed E-state index contributed by atoms with van der Waals surface area (Å²) in [4.78, 5) is 22.6. The molecule has 1 aromatic rings. The predicted molar refractivity (Wildman–Crippen MR) is 58.6 cm³/mol. The number of carbonyl (C=O) groups excluding carboxylic acids is 2. The van der Waals surface area contributed by atoms with Crippen LogP contribution in [0.3, 0.4) is 0 Å². The average Bonchev–Trinajstić information content (AvgIpc) is 2.33. The van der Waals surface area contributed by atoms with Gasteiger partial charge in [0, 0.05) is 6.42 Å². The molecule has 1 atom stereocenters. The van der Waals surface area contributed by atoms with Crippen molar-refractivity contribution < 1.29 is 24.5 Å². The monoisotopic (exact) mass is 236 g/mol. The standard InChI is InChI=1S/C12H12O5/c1-17-10-4-6-8(14)2-3-9(15)11(6)12(16)7(10)5-13/h4-5,8,14,16H,2-3H2,1H3/t8-/m0/s1. The molecule has 5 heteroatoms. The van der Waals surface area contributed by atoms with Gasteiger partial charge in [0.25, 0.3) is 0 Å². The maximum atomic E-state index is 11.7. The molecule has 0 spiro atoms. The minimum absolute atomic E-state index is 0.0339. The Balaban J connectivity index is 2.75. The van der Waals surface area contributed by atoms with E-state index in [1.165, 1.54) is 13.2 Å². The van der Waals surface area contributed by atoms with E-state index in [0.717, 1.165) is 0 Å². The summed E-state index contributed by atoms with van der Waals surface area (Å²) in [5, 5.41) is 19.7. The summed E-state index contributed by atoms with van der Waals surface area (Å²) in [5.74, 6) is -0.517. The minimum Gasteiger partial charge on any atom is -0.506 e. The molecule has 0 heterocycles. The van der Waals surface area contributed by atoms with Crippen LogP contribution in [0.5, 0.6) is 11.5 Å². The van der Waals surface area contributed by atoms with E-state index < -0.39 is 11.9 Å². The van der Waals surface area contributed by atoms with Crippen molar-refractivity contribution in [2.45, 2.75) is 18.9 Å². The molecule has 0 saturated carbocycles. The van der Waals surface area contributed by atoms with E-state index in [9.17, 15) is 19.8 Å². The number of aliphatic hydroxyl groups is 1. The molecule has 1 aromatic carbocycles. The summed E-state index contributed by atoms with van der Waals surface area (Å²) in [6.45, 7) is 0. The van der Waals surface area contributed by atoms with Gasteiger partial charge in [0.1, 0.15) is 11.5 Å². The van der Waals surface area contributed by atoms with Gasteiger partial charge in [-0.05, 0) is 18.1 Å². The van der Waals surface area contributed by atoms with Crippen LogP contribution < -0.4 is 4.74 Å². The summed E-state index contributed by atoms with van der Waals surface area (Å²) in [6.07, 6.45) is 0.0902. The van der Waals surface area contributed by atoms with Crippen molar-refractivity contribution in [3.8, 4) is 11.5 Å². The fourth-order valence-corrected chi connectivity index (χ4v) is 2.07. The molecule has 1 aliphatic rings. The number of phenolic OH excluding ortho intramolecular Hbond substituents is 1. The predicted octanol–water partition coefficient (Wildman–Crippen LogP) is 1.22. The highest BCUT2D eigenvalue weighted by molar-refractivity contribution is 6.04. The summed E-state index contributed by atoms with van der Waals surface area (Å²) >= 11 is 0. The number of hydrogen-bond donors (Lipinski definition) is 2. The first-order chi connectivity index (χ1) is 8.10. The molecule has 5 nitrogen and oxygen atoms in total. The van der Waals surface area contributed by atoms with Gasteiger partial charge in [0.05, 0.1) is 24.3 Å². The molecule has 2 rings (SSSR count). The fraction of sp³-hybridized carbons (Fsp3) is 0.333. The van der Waals surface area contributed by atoms with Gasteiger partial charge in [-0.2, -0.15) is 0 Å². The second-order valence-electron chi connectivity index (χ2n) is 3.90. The number of aromatic hydroxyl groups is 1. The largest absolute Gasteiger partial charge is 0.506 e. The molecule has 1 aliphatic carbocycles. The van der Waals surface area contributed by atoms with Gasteiger partial charge < -0.3 is 14.9 Å². The Labute approximate surface area is 97.6 Å². The van der Waals surface area contributed by atoms with Gasteiger partial charge >= 0.3 is 0 Å². The number of carbonyl (C=O) groups is 2. The second kappa shape index (κ2) is 4.18. The first-order valence-corrected chi connectivity index (χ1v) is 5.20. The van der Waals surface area contributed by atoms with Crippen molar-refractivity contribution >= 4 is 12.1 Å². The normalized spacial score (nSPS) is 18.7. The van der Waals surface area contributed by atoms with E-state index in [2.05, 4.69) is 0 Å². The number of aldehydes is 1. The number of fused-ring (bicyclic) bond motifs is 1. The van der Waals surface area contributed by atoms with E-state index in [1.54, 1.807) is 0 Å². The highest BCUT2D eigenvalue weighted by atomic mass is 16.5. The van der Waals surface area contributed by atoms with Gasteiger partial charge in [0.2, 0.25) is 0 Å². The summed E-state index contributed by atoms with van der Waals surface area (Å²) < 4.78 is 4.95. The fourth-order valence-electron chi connectivity index (χ4n) is 2.07. The van der Waals surface area contributed by atoms with Gasteiger partial charge in [-0.1, -0.05) is 0 Å². The molecule has 0 amide bonds. The van der Waals surface area contributed by atoms with E-state index in [1.807, 2.05) is 0 Å². The number of ketones is 1. The molecule has 0 unspecified atom stereocenters. The Morgan fingerprint density at radius 2 is 2.24 bits per heavy atom. The van der Waals surface area contributed by atoms with E-state index >= 15 is 0 Å². The highest BCUT2D eigenvalue weighted by Crippen LogP contribution is 2.40. The molecule has 0 saturated heterocycles. The van der Waals surface area contributed by atoms with Gasteiger partial charge in [-0.25, -0.2) is 0 Å². The van der Waals surface area contributed by atoms with E-state index in [-0.39, 0.29) is 29.1 Å². The third-order valence-corrected chi connectivity index (χ3v) is 2.95. The van der Waals surface area contributed by atoms with E-state index in [0.29, 0.717) is 18.3 Å². The molecule has 0 aliphatic heterocycles. The van der Waals surface area contributed by atoms with Gasteiger partial charge in [-0.3, -0.25) is 9.59 Å². The molecule has 2 N–H and O–H groups in total. The summed E-state index contributed by atoms with van der Waals surface area (Å²) in [7, 11) is 1.35. The molecule has 0 bridgehead atoms. The van der Waals surface area contributed by atoms with Crippen LogP contribution >= 0.6 is 0 Å². The smallest absolute Gasteiger partial charge is 0.167 e. The summed E-state index contributed by atoms with van der Waals surface area (Å²) in [5.41, 5.74) is 0.293. The SMILES string of the molecule is COc1cc2c(c(O)c1C=O)C(=O)CC[C@@H]2O. The third-order valence-electron chi connectivity index (χ3n) is 2.95. The Bertz CT molecular complexity index is 492. The van der Waals surface area contributed by atoms with Crippen LogP contribution in [0.2, 0.25) is 0 Å². The molecule has 0 fully saturated rings. The van der Waals surface area contributed by atoms with Crippen molar-refractivity contribution in [1.29, 1.82) is 0 Å². The van der Waals surface area contributed by atoms with Crippen LogP contribution in [-0.2, 0) is 0 Å². The lowest BCUT2D eigenvalue weighted by molar-refractivity contribution is 0.0892. The number of benzene rings is 1. The quantitative estimate of drug-likeness (QED) is 0.754. The zero-order chi connectivity index (χ0) is 12.6. The van der Waals surface area contributed by atoms with Crippen molar-refractivity contribution in [3.05, 3.63) is 22.8 Å². The Morgan fingerprint density at radius 1 is 1.53 bits per heavy atom. The third kappa shape index (κ3) is 1.68. The topological polar surface area (TPSA) is 83.8 Å². The number of aliphatic hydroxyl groups excluding tert-OH is 1.